The molecule has 0 unspecified atom stereocenters. The molecule has 1 aliphatic heterocycles. The van der Waals surface area contributed by atoms with E-state index in [9.17, 15) is 0 Å². The molecule has 0 spiro atoms. The molecule has 0 bridgehead atoms. The molecule has 2 rings (SSSR count). The van der Waals surface area contributed by atoms with E-state index in [1.165, 1.54) is 0 Å². The van der Waals surface area contributed by atoms with Crippen LogP contribution in [0.1, 0.15) is 0 Å². The third-order valence-corrected chi connectivity index (χ3v) is 3.57. The van der Waals surface area contributed by atoms with Gasteiger partial charge in [0.05, 0.1) is 7.41 Å². The van der Waals surface area contributed by atoms with Crippen LogP contribution in [-0.4, -0.2) is 64.3 Å². The first-order valence-corrected chi connectivity index (χ1v) is 5.86. The molecule has 5 heteroatoms. The van der Waals surface area contributed by atoms with Crippen molar-refractivity contribution in [1.29, 1.82) is 0 Å². The van der Waals surface area contributed by atoms with Crippen molar-refractivity contribution >= 4 is 14.4 Å². The second-order valence-electron chi connectivity index (χ2n) is 5.91. The summed E-state index contributed by atoms with van der Waals surface area (Å²) in [4.78, 5) is 0. The molecule has 16 heavy (non-hydrogen) atoms. The summed E-state index contributed by atoms with van der Waals surface area (Å²) in [5.74, 6) is 0. The summed E-state index contributed by atoms with van der Waals surface area (Å²) in [7, 11) is 11.6. The van der Waals surface area contributed by atoms with Crippen molar-refractivity contribution in [2.45, 2.75) is 0 Å². The molecule has 1 fully saturated rings. The number of hydrogen-bond donors (Lipinski definition) is 0. The van der Waals surface area contributed by atoms with Crippen molar-refractivity contribution in [1.82, 2.24) is 0 Å². The van der Waals surface area contributed by atoms with Crippen molar-refractivity contribution in [3.05, 3.63) is 30.6 Å². The van der Waals surface area contributed by atoms with Gasteiger partial charge in [-0.2, -0.15) is 0 Å². The maximum Gasteiger partial charge on any atom is 0.530 e. The Morgan fingerprint density at radius 2 is 1.69 bits per heavy atom. The minimum Gasteiger partial charge on any atom is -0.582 e. The van der Waals surface area contributed by atoms with E-state index in [1.807, 2.05) is 0 Å². The number of nitrogens with zero attached hydrogens (tertiary/aromatic N) is 3. The standard InChI is InChI=1S/C11H21B2N3/c1-15(2)11-13(16(3,4)10-12-15)14-8-6-5-7-9-14/h5-9H,10-11H2,1-4H3/q+1. The highest BCUT2D eigenvalue weighted by Crippen LogP contribution is 2.11. The Labute approximate surface area is 99.9 Å². The Balaban J connectivity index is 2.30. The number of quaternary nitrogens is 2. The molecule has 0 atom stereocenters. The fourth-order valence-corrected chi connectivity index (χ4v) is 2.34. The van der Waals surface area contributed by atoms with Gasteiger partial charge in [0.2, 0.25) is 0 Å². The lowest BCUT2D eigenvalue weighted by atomic mass is 9.60. The van der Waals surface area contributed by atoms with Gasteiger partial charge in [-0.25, -0.2) is 0 Å². The third-order valence-electron chi connectivity index (χ3n) is 3.57. The first-order valence-electron chi connectivity index (χ1n) is 5.86. The monoisotopic (exact) mass is 217 g/mol. The summed E-state index contributed by atoms with van der Waals surface area (Å²) < 4.78 is 4.36. The van der Waals surface area contributed by atoms with Gasteiger partial charge in [0, 0.05) is 34.6 Å². The Hall–Kier alpha value is -0.800. The van der Waals surface area contributed by atoms with Gasteiger partial charge < -0.3 is 13.3 Å². The molecule has 0 aliphatic carbocycles. The predicted octanol–water partition coefficient (Wildman–Crippen LogP) is -0.407. The molecule has 1 aliphatic rings. The van der Waals surface area contributed by atoms with Crippen molar-refractivity contribution in [3.63, 3.8) is 0 Å². The van der Waals surface area contributed by atoms with E-state index in [1.54, 1.807) is 0 Å². The fourth-order valence-electron chi connectivity index (χ4n) is 2.34. The van der Waals surface area contributed by atoms with E-state index in [0.29, 0.717) is 6.98 Å². The highest BCUT2D eigenvalue weighted by Gasteiger charge is 2.38. The molecule has 3 radical (unpaired) electrons. The van der Waals surface area contributed by atoms with Crippen molar-refractivity contribution < 1.29 is 13.3 Å². The SMILES string of the molecule is C[N+]1(C)[B-]C[N+](C)(C)[B-]([n+]2ccccc2)C1. The molecule has 0 amide bonds. The van der Waals surface area contributed by atoms with Crippen molar-refractivity contribution in [2.24, 2.45) is 0 Å². The van der Waals surface area contributed by atoms with Gasteiger partial charge in [-0.1, -0.05) is 12.5 Å². The highest BCUT2D eigenvalue weighted by molar-refractivity contribution is 6.44. The number of pyridine rings is 1. The lowest BCUT2D eigenvalue weighted by Gasteiger charge is -2.59. The van der Waals surface area contributed by atoms with Crippen LogP contribution in [-0.2, 0) is 0 Å². The van der Waals surface area contributed by atoms with Gasteiger partial charge in [-0.3, -0.25) is 0 Å². The normalized spacial score (nSPS) is 24.2. The maximum absolute atomic E-state index is 2.40. The van der Waals surface area contributed by atoms with Crippen LogP contribution in [0.4, 0.5) is 0 Å². The predicted molar refractivity (Wildman–Crippen MR) is 67.5 cm³/mol. The van der Waals surface area contributed by atoms with E-state index >= 15 is 0 Å². The second-order valence-corrected chi connectivity index (χ2v) is 5.91. The molecule has 1 aromatic rings. The largest absolute Gasteiger partial charge is 0.582 e. The quantitative estimate of drug-likeness (QED) is 0.563. The molecule has 2 heterocycles. The van der Waals surface area contributed by atoms with Crippen molar-refractivity contribution in [3.8, 4) is 0 Å². The average molecular weight is 217 g/mol. The molecule has 0 N–H and O–H groups in total. The lowest BCUT2D eigenvalue weighted by Crippen LogP contribution is -2.80. The highest BCUT2D eigenvalue weighted by atomic mass is 15.4. The van der Waals surface area contributed by atoms with Crippen LogP contribution in [0.15, 0.2) is 30.6 Å². The van der Waals surface area contributed by atoms with Crippen LogP contribution in [0.2, 0.25) is 0 Å². The van der Waals surface area contributed by atoms with E-state index in [2.05, 4.69) is 70.7 Å². The minimum absolute atomic E-state index is 0.515. The Morgan fingerprint density at radius 3 is 2.31 bits per heavy atom. The second kappa shape index (κ2) is 3.90. The van der Waals surface area contributed by atoms with Crippen LogP contribution in [0.25, 0.3) is 0 Å². The molecular weight excluding hydrogens is 196 g/mol. The smallest absolute Gasteiger partial charge is 0.530 e. The lowest BCUT2D eigenvalue weighted by molar-refractivity contribution is -0.877. The van der Waals surface area contributed by atoms with Gasteiger partial charge in [0.15, 0.2) is 0 Å². The topological polar surface area (TPSA) is 3.88 Å². The van der Waals surface area contributed by atoms with Crippen LogP contribution >= 0.6 is 0 Å². The summed E-state index contributed by atoms with van der Waals surface area (Å²) in [6.45, 7) is 0.515. The molecular formula is C11H21B2N3+. The molecule has 3 nitrogen and oxygen atoms in total. The summed E-state index contributed by atoms with van der Waals surface area (Å²) in [6.07, 6.45) is 6.60. The van der Waals surface area contributed by atoms with Gasteiger partial charge in [-0.05, 0) is 12.1 Å². The number of hydrogen-bond acceptors (Lipinski definition) is 0. The Kier molecular flexibility index (Phi) is 2.84. The van der Waals surface area contributed by atoms with E-state index < -0.39 is 0 Å². The Morgan fingerprint density at radius 1 is 1.06 bits per heavy atom. The summed E-state index contributed by atoms with van der Waals surface area (Å²) in [5.41, 5.74) is 0. The van der Waals surface area contributed by atoms with Crippen LogP contribution in [0.5, 0.6) is 0 Å². The fraction of sp³-hybridized carbons (Fsp3) is 0.545. The van der Waals surface area contributed by atoms with Crippen LogP contribution < -0.4 is 4.48 Å². The van der Waals surface area contributed by atoms with Crippen LogP contribution in [0.3, 0.4) is 0 Å². The zero-order chi connectivity index (χ0) is 11.8. The van der Waals surface area contributed by atoms with Gasteiger partial charge >= 0.3 is 6.98 Å². The molecule has 0 saturated carbocycles. The average Bonchev–Trinajstić information content (AvgIpc) is 2.24. The third kappa shape index (κ3) is 2.30. The number of aromatic nitrogens is 1. The van der Waals surface area contributed by atoms with Gasteiger partial charge in [0.25, 0.3) is 0 Å². The molecule has 85 valence electrons. The zero-order valence-corrected chi connectivity index (χ0v) is 10.8. The van der Waals surface area contributed by atoms with Crippen molar-refractivity contribution in [2.75, 3.05) is 41.1 Å². The Bertz CT molecular complexity index is 365. The first kappa shape index (κ1) is 11.7. The summed E-state index contributed by atoms with van der Waals surface area (Å²) in [5, 5.41) is 0. The molecule has 0 aromatic carbocycles. The van der Waals surface area contributed by atoms with E-state index in [-0.39, 0.29) is 0 Å². The van der Waals surface area contributed by atoms with Crippen LogP contribution in [0, 0.1) is 0 Å². The van der Waals surface area contributed by atoms with E-state index in [0.717, 1.165) is 21.7 Å². The summed E-state index contributed by atoms with van der Waals surface area (Å²) in [6, 6.07) is 6.29. The maximum atomic E-state index is 2.40. The van der Waals surface area contributed by atoms with Gasteiger partial charge in [0.1, 0.15) is 12.4 Å². The molecule has 1 aromatic heterocycles. The number of rotatable bonds is 1. The minimum atomic E-state index is 0.515. The van der Waals surface area contributed by atoms with Gasteiger partial charge in [-0.15, -0.1) is 0 Å². The first-order chi connectivity index (χ1) is 7.41. The zero-order valence-electron chi connectivity index (χ0n) is 10.8. The van der Waals surface area contributed by atoms with E-state index in [4.69, 9.17) is 0 Å². The molecule has 1 saturated heterocycles. The summed E-state index contributed by atoms with van der Waals surface area (Å²) >= 11 is 0.